The van der Waals surface area contributed by atoms with Gasteiger partial charge in [0.25, 0.3) is 0 Å². The van der Waals surface area contributed by atoms with Crippen molar-refractivity contribution in [1.82, 2.24) is 4.90 Å². The second kappa shape index (κ2) is 10.6. The number of nitrogens with zero attached hydrogens (tertiary/aromatic N) is 2. The zero-order valence-electron chi connectivity index (χ0n) is 17.9. The van der Waals surface area contributed by atoms with Crippen molar-refractivity contribution in [1.29, 1.82) is 0 Å². The number of anilines is 1. The van der Waals surface area contributed by atoms with E-state index >= 15 is 0 Å². The number of aliphatic imine (C=N–C) groups is 1. The van der Waals surface area contributed by atoms with Gasteiger partial charge in [-0.3, -0.25) is 14.5 Å². The minimum atomic E-state index is -0.605. The van der Waals surface area contributed by atoms with Crippen molar-refractivity contribution in [3.8, 4) is 5.75 Å². The van der Waals surface area contributed by atoms with Gasteiger partial charge in [-0.15, -0.1) is 0 Å². The van der Waals surface area contributed by atoms with E-state index < -0.39 is 5.25 Å². The number of hydrogen-bond acceptors (Lipinski definition) is 5. The molecule has 0 bridgehead atoms. The summed E-state index contributed by atoms with van der Waals surface area (Å²) in [6.07, 6.45) is 0.0705. The molecule has 1 saturated heterocycles. The highest BCUT2D eigenvalue weighted by Gasteiger charge is 2.36. The van der Waals surface area contributed by atoms with Crippen LogP contribution in [-0.4, -0.2) is 34.2 Å². The normalized spacial score (nSPS) is 17.2. The first-order valence-electron chi connectivity index (χ1n) is 10.3. The van der Waals surface area contributed by atoms with Gasteiger partial charge in [0.1, 0.15) is 11.0 Å². The van der Waals surface area contributed by atoms with Crippen LogP contribution in [-0.2, 0) is 16.1 Å². The Bertz CT molecular complexity index is 1170. The van der Waals surface area contributed by atoms with Crippen molar-refractivity contribution in [2.45, 2.75) is 18.2 Å². The number of nitrogens with one attached hydrogen (secondary N) is 1. The number of rotatable bonds is 6. The lowest BCUT2D eigenvalue weighted by molar-refractivity contribution is -0.129. The van der Waals surface area contributed by atoms with Crippen LogP contribution in [0.25, 0.3) is 0 Å². The summed E-state index contributed by atoms with van der Waals surface area (Å²) in [5.41, 5.74) is 2.23. The fourth-order valence-electron chi connectivity index (χ4n) is 3.31. The first kappa shape index (κ1) is 22.9. The molecule has 33 heavy (non-hydrogen) atoms. The first-order chi connectivity index (χ1) is 16.0. The molecule has 8 heteroatoms. The summed E-state index contributed by atoms with van der Waals surface area (Å²) in [6, 6.07) is 23.8. The molecule has 1 N–H and O–H groups in total. The molecule has 0 saturated carbocycles. The topological polar surface area (TPSA) is 71.0 Å². The van der Waals surface area contributed by atoms with Gasteiger partial charge in [0, 0.05) is 17.1 Å². The van der Waals surface area contributed by atoms with Gasteiger partial charge in [0.05, 0.1) is 19.3 Å². The quantitative estimate of drug-likeness (QED) is 0.506. The Balaban J connectivity index is 1.57. The lowest BCUT2D eigenvalue weighted by Crippen LogP contribution is -2.44. The number of benzene rings is 3. The number of amidine groups is 1. The number of amides is 2. The van der Waals surface area contributed by atoms with Gasteiger partial charge >= 0.3 is 0 Å². The van der Waals surface area contributed by atoms with E-state index in [9.17, 15) is 9.59 Å². The third-order valence-corrected chi connectivity index (χ3v) is 6.43. The third kappa shape index (κ3) is 5.94. The van der Waals surface area contributed by atoms with Crippen molar-refractivity contribution in [3.63, 3.8) is 0 Å². The lowest BCUT2D eigenvalue weighted by Gasteiger charge is -2.32. The maximum absolute atomic E-state index is 13.1. The highest BCUT2D eigenvalue weighted by atomic mass is 35.5. The molecule has 2 amide bonds. The van der Waals surface area contributed by atoms with E-state index in [1.807, 2.05) is 54.6 Å². The molecule has 3 aromatic carbocycles. The van der Waals surface area contributed by atoms with Crippen LogP contribution in [0.4, 0.5) is 11.4 Å². The van der Waals surface area contributed by atoms with Crippen molar-refractivity contribution in [2.24, 2.45) is 4.99 Å². The molecule has 1 heterocycles. The lowest BCUT2D eigenvalue weighted by atomic mass is 10.2. The summed E-state index contributed by atoms with van der Waals surface area (Å²) < 4.78 is 5.22. The van der Waals surface area contributed by atoms with E-state index in [1.165, 1.54) is 11.8 Å². The van der Waals surface area contributed by atoms with Crippen LogP contribution in [0.5, 0.6) is 5.75 Å². The van der Waals surface area contributed by atoms with Gasteiger partial charge < -0.3 is 10.1 Å². The van der Waals surface area contributed by atoms with E-state index in [4.69, 9.17) is 21.3 Å². The van der Waals surface area contributed by atoms with Crippen molar-refractivity contribution in [2.75, 3.05) is 12.4 Å². The Kier molecular flexibility index (Phi) is 7.32. The first-order valence-corrected chi connectivity index (χ1v) is 11.6. The van der Waals surface area contributed by atoms with Gasteiger partial charge in [0.15, 0.2) is 5.17 Å². The van der Waals surface area contributed by atoms with Crippen molar-refractivity contribution >= 4 is 51.7 Å². The predicted molar refractivity (Wildman–Crippen MR) is 133 cm³/mol. The molecule has 1 aliphatic heterocycles. The number of hydrogen-bond donors (Lipinski definition) is 1. The Morgan fingerprint density at radius 1 is 1.12 bits per heavy atom. The maximum Gasteiger partial charge on any atom is 0.238 e. The minimum Gasteiger partial charge on any atom is -0.497 e. The molecular formula is C25H22ClN3O3S. The molecule has 4 rings (SSSR count). The molecule has 0 spiro atoms. The standard InChI is InChI=1S/C25H22ClN3O3S/c1-32-21-12-10-17(11-13-21)16-29-23(30)15-22(24(31)27-20-9-5-6-18(26)14-20)33-25(29)28-19-7-3-2-4-8-19/h2-14,22H,15-16H2,1H3,(H,27,31)/t22-/m1/s1. The SMILES string of the molecule is COc1ccc(CN2C(=O)C[C@H](C(=O)Nc3cccc(Cl)c3)SC2=Nc2ccccc2)cc1. The number of methoxy groups -OCH3 is 1. The van der Waals surface area contributed by atoms with Crippen molar-refractivity contribution in [3.05, 3.63) is 89.4 Å². The Hall–Kier alpha value is -3.29. The summed E-state index contributed by atoms with van der Waals surface area (Å²) in [7, 11) is 1.61. The van der Waals surface area contributed by atoms with Gasteiger partial charge in [-0.1, -0.05) is 59.8 Å². The second-order valence-corrected chi connectivity index (χ2v) is 8.97. The van der Waals surface area contributed by atoms with Crippen LogP contribution < -0.4 is 10.1 Å². The molecule has 0 radical (unpaired) electrons. The molecule has 1 fully saturated rings. The van der Waals surface area contributed by atoms with Gasteiger partial charge in [-0.2, -0.15) is 0 Å². The molecule has 3 aromatic rings. The fourth-order valence-corrected chi connectivity index (χ4v) is 4.60. The van der Waals surface area contributed by atoms with Crippen LogP contribution >= 0.6 is 23.4 Å². The summed E-state index contributed by atoms with van der Waals surface area (Å²) in [4.78, 5) is 32.4. The van der Waals surface area contributed by atoms with E-state index in [1.54, 1.807) is 36.3 Å². The number of carbonyl (C=O) groups is 2. The van der Waals surface area contributed by atoms with Crippen LogP contribution in [0.2, 0.25) is 5.02 Å². The van der Waals surface area contributed by atoms with Crippen molar-refractivity contribution < 1.29 is 14.3 Å². The molecule has 0 aromatic heterocycles. The van der Waals surface area contributed by atoms with Crippen LogP contribution in [0.3, 0.4) is 0 Å². The Labute approximate surface area is 201 Å². The Morgan fingerprint density at radius 2 is 1.88 bits per heavy atom. The van der Waals surface area contributed by atoms with Crippen LogP contribution in [0, 0.1) is 0 Å². The minimum absolute atomic E-state index is 0.0705. The largest absolute Gasteiger partial charge is 0.497 e. The number of thioether (sulfide) groups is 1. The summed E-state index contributed by atoms with van der Waals surface area (Å²) in [5, 5.41) is 3.26. The smallest absolute Gasteiger partial charge is 0.238 e. The highest BCUT2D eigenvalue weighted by Crippen LogP contribution is 2.31. The third-order valence-electron chi connectivity index (χ3n) is 5.00. The maximum atomic E-state index is 13.1. The number of halogens is 1. The zero-order valence-corrected chi connectivity index (χ0v) is 19.5. The molecule has 1 aliphatic rings. The Morgan fingerprint density at radius 3 is 2.58 bits per heavy atom. The van der Waals surface area contributed by atoms with Crippen LogP contribution in [0.15, 0.2) is 83.9 Å². The monoisotopic (exact) mass is 479 g/mol. The fraction of sp³-hybridized carbons (Fsp3) is 0.160. The van der Waals surface area contributed by atoms with Gasteiger partial charge in [0.2, 0.25) is 11.8 Å². The van der Waals surface area contributed by atoms with E-state index in [0.29, 0.717) is 28.1 Å². The molecular weight excluding hydrogens is 458 g/mol. The predicted octanol–water partition coefficient (Wildman–Crippen LogP) is 5.51. The highest BCUT2D eigenvalue weighted by molar-refractivity contribution is 8.15. The summed E-state index contributed by atoms with van der Waals surface area (Å²) in [6.45, 7) is 0.351. The average molecular weight is 480 g/mol. The van der Waals surface area contributed by atoms with E-state index in [0.717, 1.165) is 11.3 Å². The second-order valence-electron chi connectivity index (χ2n) is 7.37. The molecule has 0 unspecified atom stereocenters. The summed E-state index contributed by atoms with van der Waals surface area (Å²) in [5.74, 6) is 0.319. The molecule has 6 nitrogen and oxygen atoms in total. The van der Waals surface area contributed by atoms with E-state index in [-0.39, 0.29) is 18.2 Å². The van der Waals surface area contributed by atoms with E-state index in [2.05, 4.69) is 5.32 Å². The van der Waals surface area contributed by atoms with Gasteiger partial charge in [-0.25, -0.2) is 4.99 Å². The van der Waals surface area contributed by atoms with Gasteiger partial charge in [-0.05, 0) is 48.0 Å². The molecule has 0 aliphatic carbocycles. The number of para-hydroxylation sites is 1. The van der Waals surface area contributed by atoms with Crippen LogP contribution in [0.1, 0.15) is 12.0 Å². The average Bonchev–Trinajstić information content (AvgIpc) is 2.82. The number of ether oxygens (including phenoxy) is 1. The zero-order chi connectivity index (χ0) is 23.2. The summed E-state index contributed by atoms with van der Waals surface area (Å²) >= 11 is 7.30. The number of carbonyl (C=O) groups excluding carboxylic acids is 2. The molecule has 168 valence electrons. The molecule has 1 atom stereocenters.